The zero-order valence-electron chi connectivity index (χ0n) is 20.7. The number of ether oxygens (including phenoxy) is 2. The Morgan fingerprint density at radius 1 is 1.06 bits per heavy atom. The van der Waals surface area contributed by atoms with Gasteiger partial charge in [-0.15, -0.1) is 0 Å². The second-order valence-electron chi connectivity index (χ2n) is 10.3. The van der Waals surface area contributed by atoms with Crippen LogP contribution in [0.25, 0.3) is 0 Å². The molecule has 0 unspecified atom stereocenters. The minimum atomic E-state index is -1.11. The van der Waals surface area contributed by atoms with Gasteiger partial charge in [0.15, 0.2) is 11.6 Å². The Morgan fingerprint density at radius 2 is 1.68 bits per heavy atom. The molecule has 2 amide bonds. The van der Waals surface area contributed by atoms with Crippen LogP contribution < -0.4 is 10.2 Å². The summed E-state index contributed by atoms with van der Waals surface area (Å²) in [6.45, 7) is 11.6. The minimum Gasteiger partial charge on any atom is -0.443 e. The first kappa shape index (κ1) is 25.4. The lowest BCUT2D eigenvalue weighted by atomic mass is 9.99. The molecule has 1 aromatic heterocycles. The second-order valence-corrected chi connectivity index (χ2v) is 10.3. The van der Waals surface area contributed by atoms with Gasteiger partial charge in [0.25, 0.3) is 0 Å². The number of likely N-dealkylation sites (N-methyl/N-ethyl adjacent to an activating group) is 1. The predicted octanol–water partition coefficient (Wildman–Crippen LogP) is 5.02. The Kier molecular flexibility index (Phi) is 7.11. The van der Waals surface area contributed by atoms with Crippen LogP contribution in [-0.4, -0.2) is 51.8 Å². The smallest absolute Gasteiger partial charge is 0.425 e. The molecular weight excluding hydrogens is 441 g/mol. The van der Waals surface area contributed by atoms with Crippen molar-refractivity contribution < 1.29 is 23.5 Å². The van der Waals surface area contributed by atoms with Crippen LogP contribution in [0.1, 0.15) is 52.7 Å². The number of aromatic nitrogens is 2. The summed E-state index contributed by atoms with van der Waals surface area (Å²) in [5.41, 5.74) is 1.28. The summed E-state index contributed by atoms with van der Waals surface area (Å²) in [6, 6.07) is 5.90. The van der Waals surface area contributed by atoms with E-state index >= 15 is 0 Å². The molecule has 1 aliphatic rings. The molecule has 1 aromatic carbocycles. The number of halogens is 1. The molecule has 10 heteroatoms. The van der Waals surface area contributed by atoms with Crippen molar-refractivity contribution in [1.29, 1.82) is 0 Å². The van der Waals surface area contributed by atoms with Crippen LogP contribution in [0.2, 0.25) is 0 Å². The molecule has 9 nitrogen and oxygen atoms in total. The average Bonchev–Trinajstić information content (AvgIpc) is 2.67. The molecule has 0 atom stereocenters. The molecule has 0 fully saturated rings. The molecule has 1 N–H and O–H groups in total. The van der Waals surface area contributed by atoms with Gasteiger partial charge in [0.1, 0.15) is 11.2 Å². The Hall–Kier alpha value is -3.27. The third-order valence-electron chi connectivity index (χ3n) is 4.76. The number of hydrogen-bond donors (Lipinski definition) is 1. The Balaban J connectivity index is 1.94. The second kappa shape index (κ2) is 9.54. The summed E-state index contributed by atoms with van der Waals surface area (Å²) in [4.78, 5) is 36.5. The number of carbonyl (C=O) groups excluding carboxylic acids is 2. The van der Waals surface area contributed by atoms with Crippen LogP contribution in [0.5, 0.6) is 0 Å². The van der Waals surface area contributed by atoms with E-state index in [9.17, 15) is 14.0 Å². The molecule has 3 rings (SSSR count). The van der Waals surface area contributed by atoms with Crippen molar-refractivity contribution in [1.82, 2.24) is 14.9 Å². The van der Waals surface area contributed by atoms with Gasteiger partial charge in [0.2, 0.25) is 5.95 Å². The zero-order chi connectivity index (χ0) is 25.3. The molecule has 0 radical (unpaired) electrons. The van der Waals surface area contributed by atoms with Crippen LogP contribution in [0.4, 0.5) is 31.4 Å². The highest BCUT2D eigenvalue weighted by Crippen LogP contribution is 2.26. The van der Waals surface area contributed by atoms with Gasteiger partial charge in [0, 0.05) is 18.8 Å². The molecule has 0 saturated heterocycles. The van der Waals surface area contributed by atoms with Crippen molar-refractivity contribution in [2.75, 3.05) is 23.8 Å². The van der Waals surface area contributed by atoms with E-state index in [0.29, 0.717) is 10.6 Å². The maximum atomic E-state index is 14.8. The maximum absolute atomic E-state index is 14.8. The first-order valence-corrected chi connectivity index (χ1v) is 11.1. The number of fused-ring (bicyclic) bond motifs is 1. The number of imide groups is 1. The molecule has 2 aromatic rings. The molecule has 0 bridgehead atoms. The number of nitrogens with one attached hydrogen (secondary N) is 1. The topological polar surface area (TPSA) is 96.9 Å². The molecule has 0 saturated carbocycles. The van der Waals surface area contributed by atoms with Crippen LogP contribution in [0, 0.1) is 5.82 Å². The quantitative estimate of drug-likeness (QED) is 0.663. The first-order chi connectivity index (χ1) is 15.7. The highest BCUT2D eigenvalue weighted by atomic mass is 19.1. The normalized spacial score (nSPS) is 14.2. The van der Waals surface area contributed by atoms with E-state index in [1.54, 1.807) is 41.5 Å². The first-order valence-electron chi connectivity index (χ1n) is 11.1. The molecule has 1 aliphatic heterocycles. The lowest BCUT2D eigenvalue weighted by Crippen LogP contribution is -2.44. The summed E-state index contributed by atoms with van der Waals surface area (Å²) in [6.07, 6.45) is -0.368. The fourth-order valence-electron chi connectivity index (χ4n) is 3.34. The number of hydrogen-bond acceptors (Lipinski definition) is 8. The van der Waals surface area contributed by atoms with Crippen molar-refractivity contribution >= 4 is 29.6 Å². The number of rotatable bonds is 3. The average molecular weight is 474 g/mol. The number of anilines is 3. The third-order valence-corrected chi connectivity index (χ3v) is 4.76. The van der Waals surface area contributed by atoms with E-state index in [1.807, 2.05) is 18.2 Å². The monoisotopic (exact) mass is 473 g/mol. The number of nitrogens with zero attached hydrogens (tertiary/aromatic N) is 4. The summed E-state index contributed by atoms with van der Waals surface area (Å²) < 4.78 is 25.4. The van der Waals surface area contributed by atoms with Crippen molar-refractivity contribution in [2.24, 2.45) is 0 Å². The maximum Gasteiger partial charge on any atom is 0.425 e. The predicted molar refractivity (Wildman–Crippen MR) is 127 cm³/mol. The Bertz CT molecular complexity index is 1050. The van der Waals surface area contributed by atoms with Gasteiger partial charge in [-0.1, -0.05) is 6.07 Å². The molecule has 34 heavy (non-hydrogen) atoms. The van der Waals surface area contributed by atoms with Gasteiger partial charge >= 0.3 is 12.2 Å². The number of amides is 2. The fraction of sp³-hybridized carbons (Fsp3) is 0.500. The van der Waals surface area contributed by atoms with E-state index in [0.717, 1.165) is 25.7 Å². The van der Waals surface area contributed by atoms with E-state index in [-0.39, 0.29) is 5.95 Å². The molecule has 0 aliphatic carbocycles. The highest BCUT2D eigenvalue weighted by molar-refractivity contribution is 6.08. The largest absolute Gasteiger partial charge is 0.443 e. The summed E-state index contributed by atoms with van der Waals surface area (Å²) in [5.74, 6) is -1.54. The summed E-state index contributed by atoms with van der Waals surface area (Å²) in [7, 11) is 2.06. The third kappa shape index (κ3) is 6.63. The number of benzene rings is 1. The summed E-state index contributed by atoms with van der Waals surface area (Å²) in [5, 5.41) is 3.03. The lowest BCUT2D eigenvalue weighted by Gasteiger charge is -2.28. The highest BCUT2D eigenvalue weighted by Gasteiger charge is 2.35. The molecule has 0 spiro atoms. The van der Waals surface area contributed by atoms with Gasteiger partial charge < -0.3 is 19.7 Å². The van der Waals surface area contributed by atoms with Crippen molar-refractivity contribution in [3.63, 3.8) is 0 Å². The van der Waals surface area contributed by atoms with Gasteiger partial charge in [-0.05, 0) is 78.3 Å². The summed E-state index contributed by atoms with van der Waals surface area (Å²) >= 11 is 0. The fourth-order valence-corrected chi connectivity index (χ4v) is 3.34. The van der Waals surface area contributed by atoms with E-state index < -0.39 is 35.0 Å². The van der Waals surface area contributed by atoms with Crippen molar-refractivity contribution in [3.8, 4) is 0 Å². The van der Waals surface area contributed by atoms with Crippen molar-refractivity contribution in [2.45, 2.75) is 65.7 Å². The van der Waals surface area contributed by atoms with Gasteiger partial charge in [-0.25, -0.2) is 19.0 Å². The molecular formula is C24H32FN5O4. The Labute approximate surface area is 199 Å². The van der Waals surface area contributed by atoms with Crippen molar-refractivity contribution in [3.05, 3.63) is 41.3 Å². The van der Waals surface area contributed by atoms with Crippen LogP contribution in [0.15, 0.2) is 24.4 Å². The van der Waals surface area contributed by atoms with Gasteiger partial charge in [0.05, 0.1) is 6.20 Å². The molecule has 184 valence electrons. The lowest BCUT2D eigenvalue weighted by molar-refractivity contribution is 0.0427. The van der Waals surface area contributed by atoms with E-state index in [2.05, 4.69) is 27.2 Å². The molecule has 2 heterocycles. The minimum absolute atomic E-state index is 0.0117. The zero-order valence-corrected chi connectivity index (χ0v) is 20.7. The van der Waals surface area contributed by atoms with Crippen LogP contribution in [0.3, 0.4) is 0 Å². The van der Waals surface area contributed by atoms with Gasteiger partial charge in [-0.2, -0.15) is 9.88 Å². The van der Waals surface area contributed by atoms with Crippen LogP contribution >= 0.6 is 0 Å². The van der Waals surface area contributed by atoms with E-state index in [1.165, 1.54) is 11.1 Å². The van der Waals surface area contributed by atoms with Crippen LogP contribution in [-0.2, 0) is 22.4 Å². The standard InChI is InChI=1S/C24H32FN5O4/c1-23(2,3)33-21(31)30(22(32)34-24(4,5)6)19-18(25)13-26-20(28-19)27-17-9-8-15-10-11-29(7)14-16(15)12-17/h8-9,12-13H,10-11,14H2,1-7H3,(H,26,27,28). The Morgan fingerprint density at radius 3 is 2.26 bits per heavy atom. The van der Waals surface area contributed by atoms with Gasteiger partial charge in [-0.3, -0.25) is 0 Å². The number of carbonyl (C=O) groups is 2. The van der Waals surface area contributed by atoms with E-state index in [4.69, 9.17) is 9.47 Å². The SMILES string of the molecule is CN1CCc2ccc(Nc3ncc(F)c(N(C(=O)OC(C)(C)C)C(=O)OC(C)(C)C)n3)cc2C1.